The fraction of sp³-hybridized carbons (Fsp3) is 0.500. The molecule has 0 unspecified atom stereocenters. The Labute approximate surface area is 148 Å². The summed E-state index contributed by atoms with van der Waals surface area (Å²) in [5, 5.41) is 0. The summed E-state index contributed by atoms with van der Waals surface area (Å²) in [4.78, 5) is 19.3. The topological polar surface area (TPSA) is 71.8 Å². The molecule has 2 aromatic rings. The Morgan fingerprint density at radius 2 is 2.00 bits per heavy atom. The number of aromatic nitrogens is 2. The molecule has 1 atom stereocenters. The smallest absolute Gasteiger partial charge is 0.133 e. The van der Waals surface area contributed by atoms with Gasteiger partial charge in [0.1, 0.15) is 17.4 Å². The van der Waals surface area contributed by atoms with E-state index in [0.717, 1.165) is 49.2 Å². The number of rotatable bonds is 10. The van der Waals surface area contributed by atoms with Gasteiger partial charge in [0.05, 0.1) is 11.7 Å². The van der Waals surface area contributed by atoms with Gasteiger partial charge in [-0.05, 0) is 55.9 Å². The molecule has 3 N–H and O–H groups in total. The highest BCUT2D eigenvalue weighted by molar-refractivity contribution is 5.78. The molecule has 0 spiro atoms. The quantitative estimate of drug-likeness (QED) is 0.622. The number of nitrogens with zero attached hydrogens (tertiary/aromatic N) is 1. The van der Waals surface area contributed by atoms with Crippen LogP contribution in [0.15, 0.2) is 30.5 Å². The predicted molar refractivity (Wildman–Crippen MR) is 96.3 cm³/mol. The van der Waals surface area contributed by atoms with E-state index in [2.05, 4.69) is 9.97 Å². The molecule has 1 aliphatic rings. The van der Waals surface area contributed by atoms with Crippen LogP contribution < -0.4 is 5.73 Å². The summed E-state index contributed by atoms with van der Waals surface area (Å²) in [6, 6.07) is 6.12. The van der Waals surface area contributed by atoms with Crippen molar-refractivity contribution in [3.63, 3.8) is 0 Å². The van der Waals surface area contributed by atoms with Gasteiger partial charge in [-0.1, -0.05) is 12.8 Å². The van der Waals surface area contributed by atoms with Gasteiger partial charge in [0.25, 0.3) is 0 Å². The van der Waals surface area contributed by atoms with Gasteiger partial charge in [-0.2, -0.15) is 0 Å². The zero-order chi connectivity index (χ0) is 17.6. The number of carbonyl (C=O) groups is 1. The molecule has 1 saturated carbocycles. The minimum Gasteiger partial charge on any atom is -0.347 e. The molecule has 3 rings (SSSR count). The molecule has 1 aromatic carbocycles. The van der Waals surface area contributed by atoms with Crippen LogP contribution in [0, 0.1) is 11.7 Å². The van der Waals surface area contributed by atoms with Crippen molar-refractivity contribution in [2.45, 2.75) is 57.4 Å². The van der Waals surface area contributed by atoms with Gasteiger partial charge in [0.2, 0.25) is 0 Å². The van der Waals surface area contributed by atoms with E-state index in [-0.39, 0.29) is 11.9 Å². The third-order valence-corrected chi connectivity index (χ3v) is 4.77. The summed E-state index contributed by atoms with van der Waals surface area (Å²) < 4.78 is 13.0. The lowest BCUT2D eigenvalue weighted by atomic mass is 10.0. The van der Waals surface area contributed by atoms with Crippen LogP contribution in [0.1, 0.15) is 63.2 Å². The van der Waals surface area contributed by atoms with E-state index in [9.17, 15) is 9.18 Å². The number of carbonyl (C=O) groups excluding carboxylic acids is 1. The monoisotopic (exact) mass is 343 g/mol. The molecule has 25 heavy (non-hydrogen) atoms. The number of benzene rings is 1. The molecule has 1 aliphatic carbocycles. The van der Waals surface area contributed by atoms with Crippen molar-refractivity contribution in [3.8, 4) is 11.3 Å². The van der Waals surface area contributed by atoms with Crippen LogP contribution in [0.25, 0.3) is 11.3 Å². The van der Waals surface area contributed by atoms with E-state index in [4.69, 9.17) is 5.73 Å². The first kappa shape index (κ1) is 17.8. The van der Waals surface area contributed by atoms with Crippen LogP contribution in [0.2, 0.25) is 0 Å². The van der Waals surface area contributed by atoms with Gasteiger partial charge in [0.15, 0.2) is 0 Å². The maximum absolute atomic E-state index is 13.0. The molecule has 0 saturated heterocycles. The van der Waals surface area contributed by atoms with Crippen LogP contribution in [-0.4, -0.2) is 15.8 Å². The summed E-state index contributed by atoms with van der Waals surface area (Å²) in [5.41, 5.74) is 7.85. The minimum atomic E-state index is -0.258. The number of H-pyrrole nitrogens is 1. The molecule has 0 aliphatic heterocycles. The van der Waals surface area contributed by atoms with Gasteiger partial charge in [-0.15, -0.1) is 0 Å². The molecule has 5 heteroatoms. The standard InChI is InChI=1S/C20H26FN3O/c21-16-10-8-15(9-11-16)19-13-23-20(24-19)18(22)5-3-1-2-4-17(25)12-14-6-7-14/h8-11,13-14,18H,1-7,12,22H2,(H,23,24)/t18-/m0/s1. The number of nitrogens with two attached hydrogens (primary N) is 1. The summed E-state index contributed by atoms with van der Waals surface area (Å²) in [6.07, 6.45) is 9.59. The van der Waals surface area contributed by atoms with Crippen molar-refractivity contribution in [2.75, 3.05) is 0 Å². The van der Waals surface area contributed by atoms with Crippen LogP contribution in [-0.2, 0) is 4.79 Å². The van der Waals surface area contributed by atoms with Gasteiger partial charge < -0.3 is 10.7 Å². The number of imidazole rings is 1. The number of Topliss-reactive ketones (excluding diaryl/α,β-unsaturated/α-hetero) is 1. The van der Waals surface area contributed by atoms with Crippen LogP contribution in [0.4, 0.5) is 4.39 Å². The summed E-state index contributed by atoms with van der Waals surface area (Å²) in [7, 11) is 0. The Balaban J connectivity index is 1.38. The van der Waals surface area contributed by atoms with Gasteiger partial charge >= 0.3 is 0 Å². The summed E-state index contributed by atoms with van der Waals surface area (Å²) >= 11 is 0. The lowest BCUT2D eigenvalue weighted by molar-refractivity contribution is -0.119. The van der Waals surface area contributed by atoms with Crippen molar-refractivity contribution in [1.82, 2.24) is 9.97 Å². The lowest BCUT2D eigenvalue weighted by Gasteiger charge is -2.08. The summed E-state index contributed by atoms with van der Waals surface area (Å²) in [5.74, 6) is 1.60. The fourth-order valence-electron chi connectivity index (χ4n) is 3.04. The van der Waals surface area contributed by atoms with Crippen LogP contribution >= 0.6 is 0 Å². The predicted octanol–water partition coefficient (Wildman–Crippen LogP) is 4.54. The van der Waals surface area contributed by atoms with E-state index in [1.54, 1.807) is 18.3 Å². The second-order valence-electron chi connectivity index (χ2n) is 7.07. The zero-order valence-electron chi connectivity index (χ0n) is 14.5. The first-order valence-corrected chi connectivity index (χ1v) is 9.20. The molecule has 0 amide bonds. The number of ketones is 1. The molecule has 4 nitrogen and oxygen atoms in total. The lowest BCUT2D eigenvalue weighted by Crippen LogP contribution is -2.12. The van der Waals surface area contributed by atoms with E-state index in [1.807, 2.05) is 0 Å². The number of hydrogen-bond acceptors (Lipinski definition) is 3. The maximum Gasteiger partial charge on any atom is 0.133 e. The maximum atomic E-state index is 13.0. The first-order chi connectivity index (χ1) is 12.1. The number of aromatic amines is 1. The van der Waals surface area contributed by atoms with Crippen molar-refractivity contribution in [1.29, 1.82) is 0 Å². The number of unbranched alkanes of at least 4 members (excludes halogenated alkanes) is 2. The highest BCUT2D eigenvalue weighted by Crippen LogP contribution is 2.33. The third kappa shape index (κ3) is 5.49. The third-order valence-electron chi connectivity index (χ3n) is 4.77. The second-order valence-corrected chi connectivity index (χ2v) is 7.07. The Morgan fingerprint density at radius 3 is 2.72 bits per heavy atom. The Kier molecular flexibility index (Phi) is 5.97. The van der Waals surface area contributed by atoms with Crippen molar-refractivity contribution < 1.29 is 9.18 Å². The van der Waals surface area contributed by atoms with E-state index in [1.165, 1.54) is 25.0 Å². The zero-order valence-corrected chi connectivity index (χ0v) is 14.5. The van der Waals surface area contributed by atoms with E-state index < -0.39 is 0 Å². The molecular weight excluding hydrogens is 317 g/mol. The fourth-order valence-corrected chi connectivity index (χ4v) is 3.04. The Bertz CT molecular complexity index is 691. The molecular formula is C20H26FN3O. The second kappa shape index (κ2) is 8.39. The number of nitrogens with one attached hydrogen (secondary N) is 1. The van der Waals surface area contributed by atoms with Gasteiger partial charge in [-0.3, -0.25) is 4.79 Å². The number of hydrogen-bond donors (Lipinski definition) is 2. The van der Waals surface area contributed by atoms with Crippen LogP contribution in [0.3, 0.4) is 0 Å². The van der Waals surface area contributed by atoms with E-state index >= 15 is 0 Å². The largest absolute Gasteiger partial charge is 0.347 e. The van der Waals surface area contributed by atoms with Crippen molar-refractivity contribution >= 4 is 5.78 Å². The highest BCUT2D eigenvalue weighted by atomic mass is 19.1. The van der Waals surface area contributed by atoms with Gasteiger partial charge in [-0.25, -0.2) is 9.37 Å². The molecule has 1 heterocycles. The normalized spacial score (nSPS) is 15.3. The average Bonchev–Trinajstić information content (AvgIpc) is 3.27. The summed E-state index contributed by atoms with van der Waals surface area (Å²) in [6.45, 7) is 0. The SMILES string of the molecule is N[C@@H](CCCCCC(=O)CC1CC1)c1nc(-c2ccc(F)cc2)c[nH]1. The molecule has 0 bridgehead atoms. The minimum absolute atomic E-state index is 0.142. The first-order valence-electron chi connectivity index (χ1n) is 9.20. The Hall–Kier alpha value is -2.01. The van der Waals surface area contributed by atoms with Crippen LogP contribution in [0.5, 0.6) is 0 Å². The van der Waals surface area contributed by atoms with E-state index in [0.29, 0.717) is 18.1 Å². The van der Waals surface area contributed by atoms with Crippen molar-refractivity contribution in [3.05, 3.63) is 42.1 Å². The molecule has 134 valence electrons. The Morgan fingerprint density at radius 1 is 1.24 bits per heavy atom. The average molecular weight is 343 g/mol. The number of halogens is 1. The molecule has 0 radical (unpaired) electrons. The highest BCUT2D eigenvalue weighted by Gasteiger charge is 2.23. The van der Waals surface area contributed by atoms with Crippen molar-refractivity contribution in [2.24, 2.45) is 11.7 Å². The van der Waals surface area contributed by atoms with Gasteiger partial charge in [0, 0.05) is 24.6 Å². The molecule has 1 fully saturated rings. The molecule has 1 aromatic heterocycles.